The summed E-state index contributed by atoms with van der Waals surface area (Å²) in [5.74, 6) is 0.421. The summed E-state index contributed by atoms with van der Waals surface area (Å²) < 4.78 is 0. The molecule has 0 aliphatic rings. The Morgan fingerprint density at radius 2 is 2.18 bits per heavy atom. The summed E-state index contributed by atoms with van der Waals surface area (Å²) >= 11 is 0. The Balaban J connectivity index is 2.32. The highest BCUT2D eigenvalue weighted by atomic mass is 16.1. The van der Waals surface area contributed by atoms with Gasteiger partial charge >= 0.3 is 0 Å². The molecule has 0 spiro atoms. The van der Waals surface area contributed by atoms with E-state index in [0.717, 1.165) is 10.8 Å². The minimum atomic E-state index is -0.0303. The molecule has 1 heterocycles. The van der Waals surface area contributed by atoms with Crippen molar-refractivity contribution >= 4 is 16.7 Å². The summed E-state index contributed by atoms with van der Waals surface area (Å²) in [5, 5.41) is 4.86. The Kier molecular flexibility index (Phi) is 3.38. The maximum absolute atomic E-state index is 12.0. The normalized spacial score (nSPS) is 10.8. The molecule has 0 bridgehead atoms. The Labute approximate surface area is 101 Å². The number of benzene rings is 1. The Hall–Kier alpha value is -1.90. The van der Waals surface area contributed by atoms with Crippen LogP contribution in [0, 0.1) is 5.92 Å². The summed E-state index contributed by atoms with van der Waals surface area (Å²) in [6.07, 6.45) is 3.47. The summed E-state index contributed by atoms with van der Waals surface area (Å²) in [4.78, 5) is 16.1. The lowest BCUT2D eigenvalue weighted by molar-refractivity contribution is 0.0950. The third-order valence-electron chi connectivity index (χ3n) is 2.60. The van der Waals surface area contributed by atoms with E-state index in [-0.39, 0.29) is 5.91 Å². The molecule has 3 nitrogen and oxygen atoms in total. The number of nitrogens with one attached hydrogen (secondary N) is 1. The Bertz CT molecular complexity index is 529. The number of pyridine rings is 1. The molecule has 0 fully saturated rings. The molecule has 3 heteroatoms. The van der Waals surface area contributed by atoms with Crippen LogP contribution in [0.2, 0.25) is 0 Å². The molecule has 0 saturated heterocycles. The van der Waals surface area contributed by atoms with E-state index >= 15 is 0 Å². The van der Waals surface area contributed by atoms with Gasteiger partial charge in [0.05, 0.1) is 0 Å². The molecular weight excluding hydrogens is 212 g/mol. The van der Waals surface area contributed by atoms with Gasteiger partial charge in [0.25, 0.3) is 5.91 Å². The predicted molar refractivity (Wildman–Crippen MR) is 68.9 cm³/mol. The third kappa shape index (κ3) is 2.61. The summed E-state index contributed by atoms with van der Waals surface area (Å²) in [6.45, 7) is 4.84. The largest absolute Gasteiger partial charge is 0.352 e. The minimum absolute atomic E-state index is 0.0303. The van der Waals surface area contributed by atoms with Crippen LogP contribution in [-0.4, -0.2) is 17.4 Å². The van der Waals surface area contributed by atoms with Crippen LogP contribution in [0.4, 0.5) is 0 Å². The molecule has 1 aromatic heterocycles. The van der Waals surface area contributed by atoms with Crippen molar-refractivity contribution in [1.82, 2.24) is 10.3 Å². The number of amides is 1. The number of carbonyl (C=O) groups excluding carboxylic acids is 1. The number of rotatable bonds is 3. The van der Waals surface area contributed by atoms with Gasteiger partial charge in [-0.3, -0.25) is 9.78 Å². The molecule has 0 unspecified atom stereocenters. The number of hydrogen-bond donors (Lipinski definition) is 1. The highest BCUT2D eigenvalue weighted by Gasteiger charge is 2.09. The van der Waals surface area contributed by atoms with E-state index < -0.39 is 0 Å². The van der Waals surface area contributed by atoms with Crippen molar-refractivity contribution in [2.45, 2.75) is 13.8 Å². The van der Waals surface area contributed by atoms with E-state index in [2.05, 4.69) is 24.1 Å². The van der Waals surface area contributed by atoms with Crippen molar-refractivity contribution in [3.63, 3.8) is 0 Å². The topological polar surface area (TPSA) is 42.0 Å². The van der Waals surface area contributed by atoms with Gasteiger partial charge in [0, 0.05) is 29.9 Å². The summed E-state index contributed by atoms with van der Waals surface area (Å²) in [7, 11) is 0. The zero-order valence-corrected chi connectivity index (χ0v) is 10.1. The molecular formula is C14H16N2O. The van der Waals surface area contributed by atoms with Gasteiger partial charge in [-0.05, 0) is 23.4 Å². The lowest BCUT2D eigenvalue weighted by Gasteiger charge is -2.09. The zero-order chi connectivity index (χ0) is 12.3. The van der Waals surface area contributed by atoms with E-state index in [4.69, 9.17) is 0 Å². The van der Waals surface area contributed by atoms with Crippen LogP contribution >= 0.6 is 0 Å². The van der Waals surface area contributed by atoms with Gasteiger partial charge in [0.15, 0.2) is 0 Å². The van der Waals surface area contributed by atoms with Crippen molar-refractivity contribution in [3.05, 3.63) is 42.2 Å². The van der Waals surface area contributed by atoms with Crippen molar-refractivity contribution in [1.29, 1.82) is 0 Å². The summed E-state index contributed by atoms with van der Waals surface area (Å²) in [6, 6.07) is 7.62. The van der Waals surface area contributed by atoms with E-state index in [1.54, 1.807) is 12.4 Å². The quantitative estimate of drug-likeness (QED) is 0.877. The maximum Gasteiger partial charge on any atom is 0.251 e. The average Bonchev–Trinajstić information content (AvgIpc) is 2.35. The van der Waals surface area contributed by atoms with Gasteiger partial charge in [-0.15, -0.1) is 0 Å². The van der Waals surface area contributed by atoms with E-state index in [1.807, 2.05) is 24.3 Å². The maximum atomic E-state index is 12.0. The molecule has 88 valence electrons. The third-order valence-corrected chi connectivity index (χ3v) is 2.60. The molecule has 0 radical (unpaired) electrons. The van der Waals surface area contributed by atoms with Gasteiger partial charge in [-0.25, -0.2) is 0 Å². The first-order valence-electron chi connectivity index (χ1n) is 5.79. The molecule has 0 aliphatic heterocycles. The Morgan fingerprint density at radius 3 is 2.94 bits per heavy atom. The first kappa shape index (κ1) is 11.6. The van der Waals surface area contributed by atoms with Gasteiger partial charge in [0.1, 0.15) is 0 Å². The van der Waals surface area contributed by atoms with E-state index in [1.165, 1.54) is 0 Å². The van der Waals surface area contributed by atoms with Crippen molar-refractivity contribution in [2.24, 2.45) is 5.92 Å². The number of fused-ring (bicyclic) bond motifs is 1. The van der Waals surface area contributed by atoms with Crippen LogP contribution in [-0.2, 0) is 0 Å². The molecule has 0 atom stereocenters. The fraction of sp³-hybridized carbons (Fsp3) is 0.286. The zero-order valence-electron chi connectivity index (χ0n) is 10.1. The second-order valence-electron chi connectivity index (χ2n) is 4.51. The van der Waals surface area contributed by atoms with Gasteiger partial charge in [0.2, 0.25) is 0 Å². The highest BCUT2D eigenvalue weighted by molar-refractivity contribution is 6.06. The fourth-order valence-corrected chi connectivity index (χ4v) is 1.70. The second-order valence-corrected chi connectivity index (χ2v) is 4.51. The van der Waals surface area contributed by atoms with Crippen LogP contribution in [0.25, 0.3) is 10.8 Å². The molecule has 2 rings (SSSR count). The molecule has 0 aliphatic carbocycles. The summed E-state index contributed by atoms with van der Waals surface area (Å²) in [5.41, 5.74) is 0.691. The smallest absolute Gasteiger partial charge is 0.251 e. The molecule has 2 aromatic rings. The molecule has 1 N–H and O–H groups in total. The van der Waals surface area contributed by atoms with Gasteiger partial charge in [-0.1, -0.05) is 26.0 Å². The monoisotopic (exact) mass is 228 g/mol. The average molecular weight is 228 g/mol. The van der Waals surface area contributed by atoms with Crippen molar-refractivity contribution in [2.75, 3.05) is 6.54 Å². The van der Waals surface area contributed by atoms with E-state index in [0.29, 0.717) is 18.0 Å². The first-order valence-corrected chi connectivity index (χ1v) is 5.79. The van der Waals surface area contributed by atoms with Crippen LogP contribution in [0.1, 0.15) is 24.2 Å². The minimum Gasteiger partial charge on any atom is -0.352 e. The van der Waals surface area contributed by atoms with E-state index in [9.17, 15) is 4.79 Å². The first-order chi connectivity index (χ1) is 8.18. The van der Waals surface area contributed by atoms with Gasteiger partial charge < -0.3 is 5.32 Å². The lowest BCUT2D eigenvalue weighted by atomic mass is 10.1. The second kappa shape index (κ2) is 4.95. The van der Waals surface area contributed by atoms with Crippen LogP contribution in [0.3, 0.4) is 0 Å². The lowest BCUT2D eigenvalue weighted by Crippen LogP contribution is -2.27. The Morgan fingerprint density at radius 1 is 1.35 bits per heavy atom. The number of carbonyl (C=O) groups is 1. The van der Waals surface area contributed by atoms with Crippen LogP contribution in [0.15, 0.2) is 36.7 Å². The number of nitrogens with zero attached hydrogens (tertiary/aromatic N) is 1. The SMILES string of the molecule is CC(C)CNC(=O)c1cccc2ccncc12. The highest BCUT2D eigenvalue weighted by Crippen LogP contribution is 2.17. The molecule has 17 heavy (non-hydrogen) atoms. The van der Waals surface area contributed by atoms with Crippen molar-refractivity contribution < 1.29 is 4.79 Å². The van der Waals surface area contributed by atoms with Crippen LogP contribution < -0.4 is 5.32 Å². The standard InChI is InChI=1S/C14H16N2O/c1-10(2)8-16-14(17)12-5-3-4-11-6-7-15-9-13(11)12/h3-7,9-10H,8H2,1-2H3,(H,16,17). The van der Waals surface area contributed by atoms with Gasteiger partial charge in [-0.2, -0.15) is 0 Å². The number of aromatic nitrogens is 1. The molecule has 1 amide bonds. The predicted octanol–water partition coefficient (Wildman–Crippen LogP) is 2.62. The molecule has 0 saturated carbocycles. The molecule has 1 aromatic carbocycles. The number of hydrogen-bond acceptors (Lipinski definition) is 2. The fourth-order valence-electron chi connectivity index (χ4n) is 1.70. The van der Waals surface area contributed by atoms with Crippen molar-refractivity contribution in [3.8, 4) is 0 Å². The van der Waals surface area contributed by atoms with Crippen LogP contribution in [0.5, 0.6) is 0 Å².